The van der Waals surface area contributed by atoms with Gasteiger partial charge in [0.05, 0.1) is 17.5 Å². The monoisotopic (exact) mass is 417 g/mol. The minimum absolute atomic E-state index is 0.0251. The lowest BCUT2D eigenvalue weighted by atomic mass is 9.92. The van der Waals surface area contributed by atoms with Gasteiger partial charge in [-0.15, -0.1) is 0 Å². The average molecular weight is 418 g/mol. The van der Waals surface area contributed by atoms with Crippen LogP contribution in [0, 0.1) is 0 Å². The normalized spacial score (nSPS) is 18.2. The van der Waals surface area contributed by atoms with E-state index < -0.39 is 6.04 Å². The van der Waals surface area contributed by atoms with Gasteiger partial charge in [-0.2, -0.15) is 10.1 Å². The molecule has 1 fully saturated rings. The van der Waals surface area contributed by atoms with Crippen LogP contribution in [0.2, 0.25) is 0 Å². The van der Waals surface area contributed by atoms with Crippen LogP contribution in [-0.4, -0.2) is 69.3 Å². The quantitative estimate of drug-likeness (QED) is 0.788. The number of piperidine rings is 1. The van der Waals surface area contributed by atoms with Gasteiger partial charge in [0.15, 0.2) is 5.82 Å². The van der Waals surface area contributed by atoms with Crippen molar-refractivity contribution in [3.63, 3.8) is 0 Å². The van der Waals surface area contributed by atoms with Crippen LogP contribution in [0.1, 0.15) is 80.3 Å². The molecule has 3 heterocycles. The predicted molar refractivity (Wildman–Crippen MR) is 110 cm³/mol. The van der Waals surface area contributed by atoms with Gasteiger partial charge in [0, 0.05) is 38.5 Å². The molecule has 0 radical (unpaired) electrons. The van der Waals surface area contributed by atoms with Crippen molar-refractivity contribution in [2.24, 2.45) is 0 Å². The molecule has 3 rings (SSSR count). The fourth-order valence-electron chi connectivity index (χ4n) is 3.47. The molecule has 1 aliphatic rings. The summed E-state index contributed by atoms with van der Waals surface area (Å²) >= 11 is 0. The molecule has 0 saturated carbocycles. The van der Waals surface area contributed by atoms with Crippen LogP contribution < -0.4 is 5.32 Å². The number of likely N-dealkylation sites (tertiary alicyclic amines) is 1. The first kappa shape index (κ1) is 21.8. The highest BCUT2D eigenvalue weighted by Crippen LogP contribution is 2.28. The Morgan fingerprint density at radius 2 is 2.10 bits per heavy atom. The van der Waals surface area contributed by atoms with E-state index in [9.17, 15) is 9.59 Å². The minimum Gasteiger partial charge on any atom is -0.345 e. The maximum absolute atomic E-state index is 12.9. The van der Waals surface area contributed by atoms with Crippen molar-refractivity contribution in [1.82, 2.24) is 35.5 Å². The SMILES string of the molecule is C[C@@H](NC(=O)N1CCC[C@H](c2[nH]ncc2C(=O)N(C)C)C1)c1nc(C(C)(C)C)no1. The Morgan fingerprint density at radius 3 is 2.73 bits per heavy atom. The number of hydrogen-bond donors (Lipinski definition) is 2. The lowest BCUT2D eigenvalue weighted by molar-refractivity contribution is 0.0825. The van der Waals surface area contributed by atoms with E-state index in [4.69, 9.17) is 4.52 Å². The number of nitrogens with one attached hydrogen (secondary N) is 2. The molecule has 10 heteroatoms. The van der Waals surface area contributed by atoms with Crippen molar-refractivity contribution in [2.45, 2.75) is 57.9 Å². The largest absolute Gasteiger partial charge is 0.345 e. The molecule has 0 bridgehead atoms. The fraction of sp³-hybridized carbons (Fsp3) is 0.650. The highest BCUT2D eigenvalue weighted by molar-refractivity contribution is 5.95. The van der Waals surface area contributed by atoms with Gasteiger partial charge in [0.1, 0.15) is 6.04 Å². The van der Waals surface area contributed by atoms with E-state index in [2.05, 4.69) is 25.7 Å². The first-order chi connectivity index (χ1) is 14.1. The van der Waals surface area contributed by atoms with Crippen LogP contribution in [0.25, 0.3) is 0 Å². The van der Waals surface area contributed by atoms with Gasteiger partial charge in [0.2, 0.25) is 5.89 Å². The van der Waals surface area contributed by atoms with Gasteiger partial charge in [-0.1, -0.05) is 25.9 Å². The summed E-state index contributed by atoms with van der Waals surface area (Å²) in [6.45, 7) is 8.99. The average Bonchev–Trinajstić information content (AvgIpc) is 3.36. The number of nitrogens with zero attached hydrogens (tertiary/aromatic N) is 5. The molecule has 164 valence electrons. The number of hydrogen-bond acceptors (Lipinski definition) is 6. The Bertz CT molecular complexity index is 896. The van der Waals surface area contributed by atoms with Gasteiger partial charge in [0.25, 0.3) is 5.91 Å². The summed E-state index contributed by atoms with van der Waals surface area (Å²) in [5, 5.41) is 14.0. The number of rotatable bonds is 4. The smallest absolute Gasteiger partial charge is 0.318 e. The number of urea groups is 1. The predicted octanol–water partition coefficient (Wildman–Crippen LogP) is 2.44. The summed E-state index contributed by atoms with van der Waals surface area (Å²) in [4.78, 5) is 33.0. The van der Waals surface area contributed by atoms with Gasteiger partial charge >= 0.3 is 6.03 Å². The van der Waals surface area contributed by atoms with Crippen LogP contribution in [0.3, 0.4) is 0 Å². The second kappa shape index (κ2) is 8.45. The van der Waals surface area contributed by atoms with Crippen molar-refractivity contribution >= 4 is 11.9 Å². The molecule has 3 amide bonds. The number of carbonyl (C=O) groups is 2. The van der Waals surface area contributed by atoms with Gasteiger partial charge in [-0.25, -0.2) is 4.79 Å². The molecule has 1 aliphatic heterocycles. The molecule has 0 spiro atoms. The second-order valence-corrected chi connectivity index (χ2v) is 9.06. The molecule has 30 heavy (non-hydrogen) atoms. The number of H-pyrrole nitrogens is 1. The Kier molecular flexibility index (Phi) is 6.14. The summed E-state index contributed by atoms with van der Waals surface area (Å²) < 4.78 is 5.34. The van der Waals surface area contributed by atoms with Gasteiger partial charge < -0.3 is 19.6 Å². The second-order valence-electron chi connectivity index (χ2n) is 9.06. The molecule has 2 aromatic rings. The molecular weight excluding hydrogens is 386 g/mol. The Balaban J connectivity index is 1.66. The summed E-state index contributed by atoms with van der Waals surface area (Å²) in [5.74, 6) is 0.917. The van der Waals surface area contributed by atoms with E-state index in [0.29, 0.717) is 30.4 Å². The van der Waals surface area contributed by atoms with Crippen LogP contribution in [-0.2, 0) is 5.41 Å². The summed E-state index contributed by atoms with van der Waals surface area (Å²) in [6, 6.07) is -0.595. The minimum atomic E-state index is -0.403. The van der Waals surface area contributed by atoms with Gasteiger partial charge in [-0.05, 0) is 19.8 Å². The number of amides is 3. The third-order valence-corrected chi connectivity index (χ3v) is 5.25. The van der Waals surface area contributed by atoms with Crippen molar-refractivity contribution in [1.29, 1.82) is 0 Å². The van der Waals surface area contributed by atoms with E-state index in [1.807, 2.05) is 27.7 Å². The van der Waals surface area contributed by atoms with Crippen molar-refractivity contribution in [2.75, 3.05) is 27.2 Å². The standard InChI is InChI=1S/C20H31N7O3/c1-12(16-23-18(25-30-16)20(2,3)4)22-19(29)27-9-7-8-13(11-27)15-14(10-21-24-15)17(28)26(5)6/h10,12-13H,7-9,11H2,1-6H3,(H,21,24)(H,22,29)/t12-,13+/m1/s1. The van der Waals surface area contributed by atoms with E-state index in [0.717, 1.165) is 18.5 Å². The zero-order chi connectivity index (χ0) is 22.1. The molecule has 2 N–H and O–H groups in total. The zero-order valence-electron chi connectivity index (χ0n) is 18.5. The number of aromatic nitrogens is 4. The number of carbonyl (C=O) groups excluding carboxylic acids is 2. The van der Waals surface area contributed by atoms with Crippen LogP contribution >= 0.6 is 0 Å². The zero-order valence-corrected chi connectivity index (χ0v) is 18.5. The Morgan fingerprint density at radius 1 is 1.37 bits per heavy atom. The molecule has 10 nitrogen and oxygen atoms in total. The Hall–Kier alpha value is -2.91. The fourth-order valence-corrected chi connectivity index (χ4v) is 3.47. The summed E-state index contributed by atoms with van der Waals surface area (Å²) in [7, 11) is 3.42. The lowest BCUT2D eigenvalue weighted by Gasteiger charge is -2.33. The third kappa shape index (κ3) is 4.63. The first-order valence-corrected chi connectivity index (χ1v) is 10.2. The molecule has 0 unspecified atom stereocenters. The molecule has 0 aromatic carbocycles. The van der Waals surface area contributed by atoms with Crippen molar-refractivity contribution in [3.05, 3.63) is 29.2 Å². The van der Waals surface area contributed by atoms with Crippen molar-refractivity contribution < 1.29 is 14.1 Å². The Labute approximate surface area is 176 Å². The van der Waals surface area contributed by atoms with E-state index >= 15 is 0 Å². The molecular formula is C20H31N7O3. The highest BCUT2D eigenvalue weighted by atomic mass is 16.5. The molecule has 0 aliphatic carbocycles. The first-order valence-electron chi connectivity index (χ1n) is 10.2. The van der Waals surface area contributed by atoms with Crippen LogP contribution in [0.15, 0.2) is 10.7 Å². The molecule has 2 aromatic heterocycles. The maximum Gasteiger partial charge on any atom is 0.318 e. The topological polar surface area (TPSA) is 120 Å². The molecule has 1 saturated heterocycles. The van der Waals surface area contributed by atoms with Crippen molar-refractivity contribution in [3.8, 4) is 0 Å². The maximum atomic E-state index is 12.9. The lowest BCUT2D eigenvalue weighted by Crippen LogP contribution is -2.46. The van der Waals surface area contributed by atoms with Crippen LogP contribution in [0.5, 0.6) is 0 Å². The number of aromatic amines is 1. The summed E-state index contributed by atoms with van der Waals surface area (Å²) in [6.07, 6.45) is 3.28. The van der Waals surface area contributed by atoms with Gasteiger partial charge in [-0.3, -0.25) is 9.89 Å². The highest BCUT2D eigenvalue weighted by Gasteiger charge is 2.31. The van der Waals surface area contributed by atoms with Crippen LogP contribution in [0.4, 0.5) is 4.79 Å². The summed E-state index contributed by atoms with van der Waals surface area (Å²) in [5.41, 5.74) is 1.12. The van der Waals surface area contributed by atoms with E-state index in [1.165, 1.54) is 4.90 Å². The van der Waals surface area contributed by atoms with E-state index in [1.54, 1.807) is 25.2 Å². The van der Waals surface area contributed by atoms with E-state index in [-0.39, 0.29) is 23.3 Å². The molecule has 2 atom stereocenters. The third-order valence-electron chi connectivity index (χ3n) is 5.25.